The van der Waals surface area contributed by atoms with Crippen molar-refractivity contribution in [3.05, 3.63) is 59.2 Å². The molecule has 2 aromatic carbocycles. The van der Waals surface area contributed by atoms with Gasteiger partial charge in [-0.1, -0.05) is 17.7 Å². The minimum atomic E-state index is -0.221. The van der Waals surface area contributed by atoms with E-state index in [4.69, 9.17) is 10.5 Å². The molecule has 7 nitrogen and oxygen atoms in total. The molecule has 1 heterocycles. The largest absolute Gasteiger partial charge is 0.377 e. The molecule has 0 spiro atoms. The lowest BCUT2D eigenvalue weighted by atomic mass is 10.1. The molecule has 0 radical (unpaired) electrons. The summed E-state index contributed by atoms with van der Waals surface area (Å²) < 4.78 is 5.65. The van der Waals surface area contributed by atoms with Gasteiger partial charge in [0.05, 0.1) is 24.6 Å². The third-order valence-electron chi connectivity index (χ3n) is 5.16. The number of nitrogens with one attached hydrogen (secondary N) is 2. The SMILES string of the molecule is Cc1cccc(C(=O)Nc2cc(C(=O)NCCN)ccc2N2C(C)COCC2C)c1. The molecule has 1 aliphatic rings. The van der Waals surface area contributed by atoms with Gasteiger partial charge < -0.3 is 26.0 Å². The van der Waals surface area contributed by atoms with E-state index in [1.54, 1.807) is 18.2 Å². The van der Waals surface area contributed by atoms with Crippen molar-refractivity contribution < 1.29 is 14.3 Å². The molecule has 160 valence electrons. The fourth-order valence-corrected chi connectivity index (χ4v) is 3.75. The fraction of sp³-hybridized carbons (Fsp3) is 0.391. The average molecular weight is 411 g/mol. The number of carbonyl (C=O) groups excluding carboxylic acids is 2. The normalized spacial score (nSPS) is 18.7. The summed E-state index contributed by atoms with van der Waals surface area (Å²) in [5.74, 6) is -0.436. The first-order chi connectivity index (χ1) is 14.4. The lowest BCUT2D eigenvalue weighted by molar-refractivity contribution is 0.0757. The van der Waals surface area contributed by atoms with Crippen molar-refractivity contribution in [1.29, 1.82) is 0 Å². The van der Waals surface area contributed by atoms with Gasteiger partial charge in [0.25, 0.3) is 11.8 Å². The third kappa shape index (κ3) is 4.98. The summed E-state index contributed by atoms with van der Waals surface area (Å²) >= 11 is 0. The molecular weight excluding hydrogens is 380 g/mol. The zero-order valence-electron chi connectivity index (χ0n) is 17.8. The number of anilines is 2. The van der Waals surface area contributed by atoms with E-state index in [9.17, 15) is 9.59 Å². The van der Waals surface area contributed by atoms with Crippen LogP contribution >= 0.6 is 0 Å². The molecule has 2 amide bonds. The number of morpholine rings is 1. The third-order valence-corrected chi connectivity index (χ3v) is 5.16. The standard InChI is InChI=1S/C23H30N4O3/c1-15-5-4-6-18(11-15)23(29)26-20-12-19(22(28)25-10-9-24)7-8-21(20)27-16(2)13-30-14-17(27)3/h4-8,11-12,16-17H,9-10,13-14,24H2,1-3H3,(H,25,28)(H,26,29). The predicted molar refractivity (Wildman–Crippen MR) is 119 cm³/mol. The van der Waals surface area contributed by atoms with E-state index >= 15 is 0 Å². The van der Waals surface area contributed by atoms with Crippen molar-refractivity contribution in [2.75, 3.05) is 36.5 Å². The maximum atomic E-state index is 12.9. The van der Waals surface area contributed by atoms with E-state index in [-0.39, 0.29) is 23.9 Å². The maximum Gasteiger partial charge on any atom is 0.255 e. The lowest BCUT2D eigenvalue weighted by Gasteiger charge is -2.41. The summed E-state index contributed by atoms with van der Waals surface area (Å²) in [4.78, 5) is 27.6. The Kier molecular flexibility index (Phi) is 7.07. The molecule has 7 heteroatoms. The molecular formula is C23H30N4O3. The van der Waals surface area contributed by atoms with Gasteiger partial charge in [0.2, 0.25) is 0 Å². The monoisotopic (exact) mass is 410 g/mol. The molecule has 1 fully saturated rings. The fourth-order valence-electron chi connectivity index (χ4n) is 3.75. The van der Waals surface area contributed by atoms with Crippen LogP contribution in [-0.2, 0) is 4.74 Å². The van der Waals surface area contributed by atoms with Crippen molar-refractivity contribution in [1.82, 2.24) is 5.32 Å². The Morgan fingerprint density at radius 3 is 2.43 bits per heavy atom. The van der Waals surface area contributed by atoms with E-state index in [2.05, 4.69) is 29.4 Å². The minimum absolute atomic E-state index is 0.139. The van der Waals surface area contributed by atoms with Gasteiger partial charge >= 0.3 is 0 Å². The number of hydrogen-bond acceptors (Lipinski definition) is 5. The number of amides is 2. The molecule has 4 N–H and O–H groups in total. The summed E-state index contributed by atoms with van der Waals surface area (Å²) in [6.45, 7) is 8.09. The van der Waals surface area contributed by atoms with E-state index in [1.807, 2.05) is 31.2 Å². The average Bonchev–Trinajstić information content (AvgIpc) is 2.72. The van der Waals surface area contributed by atoms with Crippen LogP contribution in [0.15, 0.2) is 42.5 Å². The van der Waals surface area contributed by atoms with Gasteiger partial charge in [-0.05, 0) is 51.1 Å². The number of rotatable bonds is 6. The summed E-state index contributed by atoms with van der Waals surface area (Å²) in [5, 5.41) is 5.79. The Labute approximate surface area is 177 Å². The molecule has 1 saturated heterocycles. The molecule has 2 atom stereocenters. The van der Waals surface area contributed by atoms with Crippen molar-refractivity contribution in [3.63, 3.8) is 0 Å². The van der Waals surface area contributed by atoms with Gasteiger partial charge in [-0.2, -0.15) is 0 Å². The highest BCUT2D eigenvalue weighted by atomic mass is 16.5. The predicted octanol–water partition coefficient (Wildman–Crippen LogP) is 2.55. The van der Waals surface area contributed by atoms with Gasteiger partial charge in [-0.15, -0.1) is 0 Å². The van der Waals surface area contributed by atoms with Crippen LogP contribution in [0.1, 0.15) is 40.1 Å². The number of carbonyl (C=O) groups is 2. The van der Waals surface area contributed by atoms with Crippen LogP contribution in [0.25, 0.3) is 0 Å². The van der Waals surface area contributed by atoms with E-state index in [0.717, 1.165) is 11.3 Å². The van der Waals surface area contributed by atoms with Crippen LogP contribution in [-0.4, -0.2) is 50.2 Å². The molecule has 3 rings (SSSR count). The van der Waals surface area contributed by atoms with Crippen LogP contribution in [0, 0.1) is 6.92 Å². The second kappa shape index (κ2) is 9.73. The Balaban J connectivity index is 1.97. The summed E-state index contributed by atoms with van der Waals surface area (Å²) in [7, 11) is 0. The summed E-state index contributed by atoms with van der Waals surface area (Å²) in [6.07, 6.45) is 0. The lowest BCUT2D eigenvalue weighted by Crippen LogP contribution is -2.50. The van der Waals surface area contributed by atoms with E-state index in [1.165, 1.54) is 0 Å². The zero-order valence-corrected chi connectivity index (χ0v) is 17.8. The Morgan fingerprint density at radius 1 is 1.07 bits per heavy atom. The minimum Gasteiger partial charge on any atom is -0.377 e. The van der Waals surface area contributed by atoms with Crippen LogP contribution < -0.4 is 21.3 Å². The number of aryl methyl sites for hydroxylation is 1. The summed E-state index contributed by atoms with van der Waals surface area (Å²) in [5.41, 5.74) is 9.01. The zero-order chi connectivity index (χ0) is 21.7. The molecule has 1 aliphatic heterocycles. The molecule has 2 unspecified atom stereocenters. The van der Waals surface area contributed by atoms with Crippen molar-refractivity contribution >= 4 is 23.2 Å². The Morgan fingerprint density at radius 2 is 1.77 bits per heavy atom. The highest BCUT2D eigenvalue weighted by Gasteiger charge is 2.28. The highest BCUT2D eigenvalue weighted by molar-refractivity contribution is 6.07. The Hall–Kier alpha value is -2.90. The Bertz CT molecular complexity index is 905. The smallest absolute Gasteiger partial charge is 0.255 e. The topological polar surface area (TPSA) is 96.7 Å². The van der Waals surface area contributed by atoms with E-state index < -0.39 is 0 Å². The van der Waals surface area contributed by atoms with Gasteiger partial charge in [-0.3, -0.25) is 9.59 Å². The first kappa shape index (κ1) is 21.8. The van der Waals surface area contributed by atoms with Crippen molar-refractivity contribution in [2.45, 2.75) is 32.9 Å². The number of hydrogen-bond donors (Lipinski definition) is 3. The van der Waals surface area contributed by atoms with Crippen LogP contribution in [0.5, 0.6) is 0 Å². The number of nitrogens with zero attached hydrogens (tertiary/aromatic N) is 1. The second-order valence-corrected chi connectivity index (χ2v) is 7.74. The number of ether oxygens (including phenoxy) is 1. The maximum absolute atomic E-state index is 12.9. The molecule has 0 saturated carbocycles. The quantitative estimate of drug-likeness (QED) is 0.680. The van der Waals surface area contributed by atoms with Gasteiger partial charge in [0.15, 0.2) is 0 Å². The molecule has 0 bridgehead atoms. The van der Waals surface area contributed by atoms with Crippen LogP contribution in [0.3, 0.4) is 0 Å². The first-order valence-corrected chi connectivity index (χ1v) is 10.3. The van der Waals surface area contributed by atoms with Crippen LogP contribution in [0.2, 0.25) is 0 Å². The molecule has 2 aromatic rings. The number of benzene rings is 2. The molecule has 0 aliphatic carbocycles. The first-order valence-electron chi connectivity index (χ1n) is 10.3. The second-order valence-electron chi connectivity index (χ2n) is 7.74. The summed E-state index contributed by atoms with van der Waals surface area (Å²) in [6, 6.07) is 13.1. The van der Waals surface area contributed by atoms with Gasteiger partial charge in [0.1, 0.15) is 0 Å². The number of nitrogens with two attached hydrogens (primary N) is 1. The van der Waals surface area contributed by atoms with Crippen molar-refractivity contribution in [3.8, 4) is 0 Å². The van der Waals surface area contributed by atoms with Gasteiger partial charge in [0, 0.05) is 36.3 Å². The van der Waals surface area contributed by atoms with E-state index in [0.29, 0.717) is 43.1 Å². The van der Waals surface area contributed by atoms with Gasteiger partial charge in [-0.25, -0.2) is 0 Å². The van der Waals surface area contributed by atoms with Crippen molar-refractivity contribution in [2.24, 2.45) is 5.73 Å². The van der Waals surface area contributed by atoms with Crippen LogP contribution in [0.4, 0.5) is 11.4 Å². The molecule has 0 aromatic heterocycles. The molecule has 30 heavy (non-hydrogen) atoms. The highest BCUT2D eigenvalue weighted by Crippen LogP contribution is 2.32.